The number of aromatic nitrogens is 4. The highest BCUT2D eigenvalue weighted by Crippen LogP contribution is 2.18. The van der Waals surface area contributed by atoms with E-state index in [2.05, 4.69) is 10.1 Å². The van der Waals surface area contributed by atoms with E-state index in [0.717, 1.165) is 19.3 Å². The number of rotatable bonds is 4. The maximum Gasteiger partial charge on any atom is 0.328 e. The lowest BCUT2D eigenvalue weighted by Crippen LogP contribution is -2.48. The van der Waals surface area contributed by atoms with Gasteiger partial charge in [-0.15, -0.1) is 0 Å². The van der Waals surface area contributed by atoms with Gasteiger partial charge in [-0.1, -0.05) is 0 Å². The Labute approximate surface area is 132 Å². The summed E-state index contributed by atoms with van der Waals surface area (Å²) >= 11 is 0. The van der Waals surface area contributed by atoms with Gasteiger partial charge in [0.1, 0.15) is 6.54 Å². The van der Waals surface area contributed by atoms with Gasteiger partial charge in [0, 0.05) is 31.2 Å². The quantitative estimate of drug-likeness (QED) is 0.846. The summed E-state index contributed by atoms with van der Waals surface area (Å²) in [6, 6.07) is 3.18. The predicted molar refractivity (Wildman–Crippen MR) is 82.9 cm³/mol. The number of carbonyl (C=O) groups excluding carboxylic acids is 1. The number of hydrogen-bond donors (Lipinski definition) is 1. The molecule has 0 saturated carbocycles. The molecule has 122 valence electrons. The van der Waals surface area contributed by atoms with E-state index < -0.39 is 11.2 Å². The molecule has 1 atom stereocenters. The van der Waals surface area contributed by atoms with E-state index in [1.807, 2.05) is 21.8 Å². The van der Waals surface area contributed by atoms with Crippen molar-refractivity contribution in [3.8, 4) is 0 Å². The van der Waals surface area contributed by atoms with E-state index >= 15 is 0 Å². The zero-order valence-electron chi connectivity index (χ0n) is 12.7. The highest BCUT2D eigenvalue weighted by Gasteiger charge is 2.27. The fraction of sp³-hybridized carbons (Fsp3) is 0.467. The van der Waals surface area contributed by atoms with Gasteiger partial charge in [0.15, 0.2) is 0 Å². The molecular weight excluding hydrogens is 298 g/mol. The van der Waals surface area contributed by atoms with Crippen LogP contribution in [0.3, 0.4) is 0 Å². The van der Waals surface area contributed by atoms with Crippen LogP contribution in [-0.4, -0.2) is 42.7 Å². The Morgan fingerprint density at radius 1 is 1.30 bits per heavy atom. The third-order valence-corrected chi connectivity index (χ3v) is 4.11. The van der Waals surface area contributed by atoms with Gasteiger partial charge in [0.05, 0.1) is 12.6 Å². The SMILES string of the molecule is O=C(Cn1ccc(=O)[nH]c1=O)N1CCCCC1Cn1cccn1. The smallest absolute Gasteiger partial charge is 0.328 e. The monoisotopic (exact) mass is 317 g/mol. The first-order chi connectivity index (χ1) is 11.1. The number of H-pyrrole nitrogens is 1. The second-order valence-electron chi connectivity index (χ2n) is 5.70. The molecular formula is C15H19N5O3. The van der Waals surface area contributed by atoms with Gasteiger partial charge >= 0.3 is 5.69 Å². The van der Waals surface area contributed by atoms with Crippen molar-refractivity contribution in [1.82, 2.24) is 24.2 Å². The molecule has 0 bridgehead atoms. The molecule has 23 heavy (non-hydrogen) atoms. The van der Waals surface area contributed by atoms with Gasteiger partial charge in [-0.05, 0) is 25.3 Å². The van der Waals surface area contributed by atoms with Crippen LogP contribution in [0.1, 0.15) is 19.3 Å². The molecule has 1 fully saturated rings. The topological polar surface area (TPSA) is 93.0 Å². The summed E-state index contributed by atoms with van der Waals surface area (Å²) in [4.78, 5) is 39.4. The molecule has 2 aromatic heterocycles. The lowest BCUT2D eigenvalue weighted by atomic mass is 10.0. The minimum Gasteiger partial charge on any atom is -0.336 e. The summed E-state index contributed by atoms with van der Waals surface area (Å²) in [5.41, 5.74) is -1.03. The minimum absolute atomic E-state index is 0.0643. The van der Waals surface area contributed by atoms with Gasteiger partial charge in [-0.3, -0.25) is 23.8 Å². The van der Waals surface area contributed by atoms with Crippen molar-refractivity contribution in [2.24, 2.45) is 0 Å². The summed E-state index contributed by atoms with van der Waals surface area (Å²) in [6.45, 7) is 1.27. The lowest BCUT2D eigenvalue weighted by molar-refractivity contribution is -0.136. The average molecular weight is 317 g/mol. The summed E-state index contributed by atoms with van der Waals surface area (Å²) in [6.07, 6.45) is 7.91. The molecule has 0 radical (unpaired) electrons. The number of nitrogens with zero attached hydrogens (tertiary/aromatic N) is 4. The summed E-state index contributed by atoms with van der Waals surface area (Å²) < 4.78 is 3.05. The Morgan fingerprint density at radius 3 is 2.91 bits per heavy atom. The van der Waals surface area contributed by atoms with Crippen molar-refractivity contribution in [3.05, 3.63) is 51.6 Å². The van der Waals surface area contributed by atoms with Gasteiger partial charge in [0.2, 0.25) is 5.91 Å². The van der Waals surface area contributed by atoms with Crippen LogP contribution in [0.4, 0.5) is 0 Å². The molecule has 0 spiro atoms. The van der Waals surface area contributed by atoms with E-state index in [4.69, 9.17) is 0 Å². The second-order valence-corrected chi connectivity index (χ2v) is 5.70. The molecule has 1 N–H and O–H groups in total. The number of amides is 1. The third kappa shape index (κ3) is 3.58. The van der Waals surface area contributed by atoms with Crippen molar-refractivity contribution in [1.29, 1.82) is 0 Å². The number of piperidine rings is 1. The van der Waals surface area contributed by atoms with E-state index in [9.17, 15) is 14.4 Å². The minimum atomic E-state index is -0.563. The fourth-order valence-electron chi connectivity index (χ4n) is 2.95. The molecule has 1 unspecified atom stereocenters. The van der Waals surface area contributed by atoms with E-state index in [0.29, 0.717) is 13.1 Å². The molecule has 0 aromatic carbocycles. The Bertz CT molecular complexity index is 777. The van der Waals surface area contributed by atoms with Crippen molar-refractivity contribution in [2.45, 2.75) is 38.4 Å². The molecule has 3 heterocycles. The van der Waals surface area contributed by atoms with Crippen LogP contribution >= 0.6 is 0 Å². The van der Waals surface area contributed by atoms with Crippen LogP contribution in [0.15, 0.2) is 40.3 Å². The Hall–Kier alpha value is -2.64. The van der Waals surface area contributed by atoms with Gasteiger partial charge in [0.25, 0.3) is 5.56 Å². The van der Waals surface area contributed by atoms with Crippen molar-refractivity contribution >= 4 is 5.91 Å². The van der Waals surface area contributed by atoms with Crippen molar-refractivity contribution in [2.75, 3.05) is 6.54 Å². The van der Waals surface area contributed by atoms with Crippen LogP contribution in [-0.2, 0) is 17.9 Å². The van der Waals surface area contributed by atoms with Crippen molar-refractivity contribution in [3.63, 3.8) is 0 Å². The molecule has 0 aliphatic carbocycles. The number of hydrogen-bond acceptors (Lipinski definition) is 4. The molecule has 8 heteroatoms. The van der Waals surface area contributed by atoms with Crippen LogP contribution in [0.25, 0.3) is 0 Å². The normalized spacial score (nSPS) is 18.1. The highest BCUT2D eigenvalue weighted by atomic mass is 16.2. The first-order valence-electron chi connectivity index (χ1n) is 7.70. The summed E-state index contributed by atoms with van der Waals surface area (Å²) in [7, 11) is 0. The molecule has 3 rings (SSSR count). The first kappa shape index (κ1) is 15.3. The van der Waals surface area contributed by atoms with E-state index in [1.54, 1.807) is 6.20 Å². The average Bonchev–Trinajstić information content (AvgIpc) is 3.03. The summed E-state index contributed by atoms with van der Waals surface area (Å²) in [5, 5.41) is 4.20. The Morgan fingerprint density at radius 2 is 2.17 bits per heavy atom. The van der Waals surface area contributed by atoms with E-state index in [-0.39, 0.29) is 18.5 Å². The summed E-state index contributed by atoms with van der Waals surface area (Å²) in [5.74, 6) is -0.115. The zero-order valence-corrected chi connectivity index (χ0v) is 12.7. The fourth-order valence-corrected chi connectivity index (χ4v) is 2.95. The molecule has 8 nitrogen and oxygen atoms in total. The lowest BCUT2D eigenvalue weighted by Gasteiger charge is -2.35. The molecule has 1 aliphatic heterocycles. The third-order valence-electron chi connectivity index (χ3n) is 4.11. The molecule has 1 saturated heterocycles. The largest absolute Gasteiger partial charge is 0.336 e. The molecule has 1 aliphatic rings. The van der Waals surface area contributed by atoms with Gasteiger partial charge in [-0.2, -0.15) is 5.10 Å². The van der Waals surface area contributed by atoms with Crippen molar-refractivity contribution < 1.29 is 4.79 Å². The van der Waals surface area contributed by atoms with Gasteiger partial charge in [-0.25, -0.2) is 4.79 Å². The van der Waals surface area contributed by atoms with Gasteiger partial charge < -0.3 is 4.90 Å². The standard InChI is InChI=1S/C15H19N5O3/c21-13-5-9-18(15(23)17-13)11-14(22)20-8-2-1-4-12(20)10-19-7-3-6-16-19/h3,5-7,9,12H,1-2,4,8,10-11H2,(H,17,21,23). The zero-order chi connectivity index (χ0) is 16.2. The Kier molecular flexibility index (Phi) is 4.40. The predicted octanol–water partition coefficient (Wildman–Crippen LogP) is -0.186. The van der Waals surface area contributed by atoms with E-state index in [1.165, 1.54) is 16.8 Å². The number of carbonyl (C=O) groups is 1. The van der Waals surface area contributed by atoms with Crippen LogP contribution in [0.2, 0.25) is 0 Å². The number of aromatic amines is 1. The number of nitrogens with one attached hydrogen (secondary N) is 1. The first-order valence-corrected chi connectivity index (χ1v) is 7.70. The second kappa shape index (κ2) is 6.64. The van der Waals surface area contributed by atoms with Crippen LogP contribution in [0.5, 0.6) is 0 Å². The molecule has 1 amide bonds. The Balaban J connectivity index is 1.73. The number of likely N-dealkylation sites (tertiary alicyclic amines) is 1. The highest BCUT2D eigenvalue weighted by molar-refractivity contribution is 5.76. The maximum absolute atomic E-state index is 12.6. The van der Waals surface area contributed by atoms with Crippen LogP contribution in [0, 0.1) is 0 Å². The van der Waals surface area contributed by atoms with Crippen LogP contribution < -0.4 is 11.2 Å². The maximum atomic E-state index is 12.6. The molecule has 2 aromatic rings.